The zero-order chi connectivity index (χ0) is 32.1. The van der Waals surface area contributed by atoms with E-state index in [0.717, 1.165) is 16.7 Å². The van der Waals surface area contributed by atoms with Crippen LogP contribution in [0.2, 0.25) is 0 Å². The van der Waals surface area contributed by atoms with Crippen molar-refractivity contribution in [1.82, 2.24) is 14.8 Å². The van der Waals surface area contributed by atoms with Crippen LogP contribution in [-0.4, -0.2) is 57.3 Å². The molecule has 0 atom stereocenters. The highest BCUT2D eigenvalue weighted by molar-refractivity contribution is 8.15. The summed E-state index contributed by atoms with van der Waals surface area (Å²) in [6, 6.07) is 17.3. The van der Waals surface area contributed by atoms with Crippen LogP contribution in [0.15, 0.2) is 83.0 Å². The van der Waals surface area contributed by atoms with E-state index in [1.807, 2.05) is 44.2 Å². The fourth-order valence-corrected chi connectivity index (χ4v) is 5.31. The van der Waals surface area contributed by atoms with Gasteiger partial charge in [0.2, 0.25) is 5.91 Å². The predicted octanol–water partition coefficient (Wildman–Crippen LogP) is 6.83. The fraction of sp³-hybridized carbons (Fsp3) is 0.226. The molecule has 0 N–H and O–H groups in total. The third-order valence-electron chi connectivity index (χ3n) is 6.62. The number of rotatable bonds is 8. The third kappa shape index (κ3) is 7.76. The van der Waals surface area contributed by atoms with E-state index in [9.17, 15) is 22.8 Å². The van der Waals surface area contributed by atoms with Crippen LogP contribution in [0.4, 0.5) is 23.7 Å². The van der Waals surface area contributed by atoms with Gasteiger partial charge in [0.15, 0.2) is 11.0 Å². The molecule has 1 aliphatic rings. The van der Waals surface area contributed by atoms with Crippen molar-refractivity contribution >= 4 is 40.8 Å². The average Bonchev–Trinajstić information content (AvgIpc) is 3.64. The normalized spacial score (nSPS) is 14.6. The van der Waals surface area contributed by atoms with E-state index in [1.165, 1.54) is 58.2 Å². The predicted molar refractivity (Wildman–Crippen MR) is 166 cm³/mol. The maximum absolute atomic E-state index is 12.7. The molecule has 232 valence electrons. The first-order chi connectivity index (χ1) is 21.5. The maximum atomic E-state index is 12.7. The van der Waals surface area contributed by atoms with E-state index in [4.69, 9.17) is 4.74 Å². The van der Waals surface area contributed by atoms with Crippen molar-refractivity contribution in [2.45, 2.75) is 32.5 Å². The second kappa shape index (κ2) is 13.3. The number of anilines is 1. The first-order valence-electron chi connectivity index (χ1n) is 13.7. The summed E-state index contributed by atoms with van der Waals surface area (Å²) in [6.07, 6.45) is -1.49. The SMILES string of the molecule is COc1ccc(N2C(=O)CSC2=NC(=O)N=CCc2ccc(-c3ncn(-c4ccc(OC(F)(F)F)cc4)n3)cc2)c(C(C)C)c1. The summed E-state index contributed by atoms with van der Waals surface area (Å²) >= 11 is 1.18. The number of benzene rings is 3. The van der Waals surface area contributed by atoms with Gasteiger partial charge in [0, 0.05) is 18.2 Å². The molecule has 0 bridgehead atoms. The summed E-state index contributed by atoms with van der Waals surface area (Å²) < 4.78 is 47.9. The van der Waals surface area contributed by atoms with Gasteiger partial charge in [-0.05, 0) is 59.5 Å². The number of urea groups is 1. The molecule has 0 radical (unpaired) electrons. The molecule has 0 saturated carbocycles. The second-order valence-electron chi connectivity index (χ2n) is 10.0. The van der Waals surface area contributed by atoms with Crippen molar-refractivity contribution in [2.24, 2.45) is 9.98 Å². The second-order valence-corrected chi connectivity index (χ2v) is 11.0. The van der Waals surface area contributed by atoms with Crippen LogP contribution in [0.1, 0.15) is 30.9 Å². The number of thioether (sulfide) groups is 1. The number of aliphatic imine (C=N–C) groups is 2. The lowest BCUT2D eigenvalue weighted by atomic mass is 10.00. The van der Waals surface area contributed by atoms with Crippen molar-refractivity contribution in [3.63, 3.8) is 0 Å². The number of carbonyl (C=O) groups is 2. The van der Waals surface area contributed by atoms with Gasteiger partial charge in [-0.15, -0.1) is 18.3 Å². The van der Waals surface area contributed by atoms with Gasteiger partial charge in [0.25, 0.3) is 0 Å². The summed E-state index contributed by atoms with van der Waals surface area (Å²) in [5.41, 5.74) is 3.65. The molecule has 3 amide bonds. The Morgan fingerprint density at radius 2 is 1.78 bits per heavy atom. The number of hydrogen-bond donors (Lipinski definition) is 0. The van der Waals surface area contributed by atoms with E-state index in [0.29, 0.717) is 29.4 Å². The molecule has 0 aliphatic carbocycles. The minimum Gasteiger partial charge on any atom is -0.497 e. The van der Waals surface area contributed by atoms with Gasteiger partial charge in [-0.1, -0.05) is 49.9 Å². The molecule has 2 heterocycles. The summed E-state index contributed by atoms with van der Waals surface area (Å²) in [4.78, 5) is 39.1. The molecule has 1 aliphatic heterocycles. The summed E-state index contributed by atoms with van der Waals surface area (Å²) in [6.45, 7) is 4.02. The van der Waals surface area contributed by atoms with Crippen LogP contribution in [-0.2, 0) is 11.2 Å². The van der Waals surface area contributed by atoms with Gasteiger partial charge < -0.3 is 9.47 Å². The number of methoxy groups -OCH3 is 1. The largest absolute Gasteiger partial charge is 0.573 e. The molecule has 4 aromatic rings. The Hall–Kier alpha value is -4.98. The Kier molecular flexibility index (Phi) is 9.32. The van der Waals surface area contributed by atoms with Crippen molar-refractivity contribution < 1.29 is 32.2 Å². The molecule has 10 nitrogen and oxygen atoms in total. The Morgan fingerprint density at radius 3 is 2.44 bits per heavy atom. The summed E-state index contributed by atoms with van der Waals surface area (Å²) in [5, 5.41) is 4.67. The maximum Gasteiger partial charge on any atom is 0.573 e. The van der Waals surface area contributed by atoms with Crippen molar-refractivity contribution in [1.29, 1.82) is 0 Å². The Morgan fingerprint density at radius 1 is 1.07 bits per heavy atom. The number of amidine groups is 1. The van der Waals surface area contributed by atoms with Crippen LogP contribution in [0.5, 0.6) is 11.5 Å². The zero-order valence-electron chi connectivity index (χ0n) is 24.4. The third-order valence-corrected chi connectivity index (χ3v) is 7.55. The average molecular weight is 637 g/mol. The number of carbonyl (C=O) groups excluding carboxylic acids is 2. The van der Waals surface area contributed by atoms with Gasteiger partial charge in [-0.3, -0.25) is 9.69 Å². The lowest BCUT2D eigenvalue weighted by Crippen LogP contribution is -2.30. The van der Waals surface area contributed by atoms with E-state index >= 15 is 0 Å². The highest BCUT2D eigenvalue weighted by Gasteiger charge is 2.33. The topological polar surface area (TPSA) is 111 Å². The smallest absolute Gasteiger partial charge is 0.497 e. The molecule has 0 unspecified atom stereocenters. The van der Waals surface area contributed by atoms with Gasteiger partial charge >= 0.3 is 12.4 Å². The Bertz CT molecular complexity index is 1750. The highest BCUT2D eigenvalue weighted by Crippen LogP contribution is 2.35. The molecule has 1 fully saturated rings. The van der Waals surface area contributed by atoms with Crippen molar-refractivity contribution in [3.8, 4) is 28.6 Å². The van der Waals surface area contributed by atoms with Gasteiger partial charge in [0.1, 0.15) is 17.8 Å². The molecular weight excluding hydrogens is 609 g/mol. The first kappa shape index (κ1) is 31.4. The minimum absolute atomic E-state index is 0.101. The van der Waals surface area contributed by atoms with E-state index in [1.54, 1.807) is 19.2 Å². The first-order valence-corrected chi connectivity index (χ1v) is 14.7. The van der Waals surface area contributed by atoms with Gasteiger partial charge in [0.05, 0.1) is 24.2 Å². The molecule has 45 heavy (non-hydrogen) atoms. The number of ether oxygens (including phenoxy) is 2. The molecular formula is C31H27F3N6O4S. The fourth-order valence-electron chi connectivity index (χ4n) is 4.46. The van der Waals surface area contributed by atoms with Crippen LogP contribution in [0.3, 0.4) is 0 Å². The Labute approximate surface area is 260 Å². The van der Waals surface area contributed by atoms with Crippen LogP contribution in [0.25, 0.3) is 17.1 Å². The van der Waals surface area contributed by atoms with Gasteiger partial charge in [-0.2, -0.15) is 4.99 Å². The lowest BCUT2D eigenvalue weighted by Gasteiger charge is -2.22. The van der Waals surface area contributed by atoms with E-state index in [2.05, 4.69) is 24.8 Å². The monoisotopic (exact) mass is 636 g/mol. The number of amides is 3. The summed E-state index contributed by atoms with van der Waals surface area (Å²) in [7, 11) is 1.58. The quantitative estimate of drug-likeness (QED) is 0.195. The number of alkyl halides is 3. The lowest BCUT2D eigenvalue weighted by molar-refractivity contribution is -0.274. The molecule has 0 spiro atoms. The molecule has 3 aromatic carbocycles. The highest BCUT2D eigenvalue weighted by atomic mass is 32.2. The van der Waals surface area contributed by atoms with E-state index in [-0.39, 0.29) is 28.5 Å². The number of nitrogens with zero attached hydrogens (tertiary/aromatic N) is 6. The molecule has 1 aromatic heterocycles. The van der Waals surface area contributed by atoms with Crippen LogP contribution >= 0.6 is 11.8 Å². The van der Waals surface area contributed by atoms with Crippen LogP contribution < -0.4 is 14.4 Å². The van der Waals surface area contributed by atoms with Crippen LogP contribution in [0, 0.1) is 0 Å². The zero-order valence-corrected chi connectivity index (χ0v) is 25.2. The van der Waals surface area contributed by atoms with Crippen molar-refractivity contribution in [2.75, 3.05) is 17.8 Å². The number of halogens is 3. The number of aromatic nitrogens is 3. The van der Waals surface area contributed by atoms with E-state index < -0.39 is 12.4 Å². The van der Waals surface area contributed by atoms with Crippen molar-refractivity contribution in [3.05, 3.63) is 84.2 Å². The van der Waals surface area contributed by atoms with Gasteiger partial charge in [-0.25, -0.2) is 19.5 Å². The Balaban J connectivity index is 1.21. The minimum atomic E-state index is -4.77. The standard InChI is InChI=1S/C31H27F3N6O4S/c1-19(2)25-16-24(43-3)12-13-26(25)40-27(41)17-45-30(40)37-29(42)35-15-14-20-4-6-21(7-5-20)28-36-18-39(38-28)22-8-10-23(11-9-22)44-31(32,33)34/h4-13,15-16,18-19H,14,17H2,1-3H3. The number of hydrogen-bond acceptors (Lipinski definition) is 7. The molecule has 14 heteroatoms. The summed E-state index contributed by atoms with van der Waals surface area (Å²) in [5.74, 6) is 0.860. The molecule has 1 saturated heterocycles. The molecule has 5 rings (SSSR count).